The largest absolute Gasteiger partial charge is 0.339 e. The van der Waals surface area contributed by atoms with Crippen molar-refractivity contribution >= 4 is 0 Å². The molecule has 1 aromatic carbocycles. The highest BCUT2D eigenvalue weighted by Gasteiger charge is 2.25. The lowest BCUT2D eigenvalue weighted by atomic mass is 9.86. The van der Waals surface area contributed by atoms with Gasteiger partial charge in [0.15, 0.2) is 11.6 Å². The summed E-state index contributed by atoms with van der Waals surface area (Å²) in [6.07, 6.45) is 3.84. The van der Waals surface area contributed by atoms with Crippen molar-refractivity contribution in [3.8, 4) is 11.4 Å². The first-order valence-electron chi connectivity index (χ1n) is 6.68. The summed E-state index contributed by atoms with van der Waals surface area (Å²) in [4.78, 5) is 4.29. The van der Waals surface area contributed by atoms with Crippen molar-refractivity contribution in [1.29, 1.82) is 0 Å². The number of hydrogen-bond acceptors (Lipinski definition) is 4. The molecule has 1 saturated carbocycles. The molecule has 2 atom stereocenters. The van der Waals surface area contributed by atoms with Crippen molar-refractivity contribution in [2.24, 2.45) is 5.73 Å². The van der Waals surface area contributed by atoms with Crippen LogP contribution in [-0.2, 0) is 0 Å². The smallest absolute Gasteiger partial charge is 0.230 e. The first-order valence-corrected chi connectivity index (χ1v) is 6.68. The molecule has 2 unspecified atom stereocenters. The van der Waals surface area contributed by atoms with E-state index in [2.05, 4.69) is 10.1 Å². The van der Waals surface area contributed by atoms with Gasteiger partial charge in [0.25, 0.3) is 0 Å². The van der Waals surface area contributed by atoms with E-state index >= 15 is 0 Å². The Bertz CT molecular complexity index is 614. The number of benzene rings is 1. The number of nitrogens with zero attached hydrogens (tertiary/aromatic N) is 2. The van der Waals surface area contributed by atoms with Gasteiger partial charge in [-0.15, -0.1) is 0 Å². The molecule has 1 heterocycles. The van der Waals surface area contributed by atoms with E-state index in [1.165, 1.54) is 6.07 Å². The van der Waals surface area contributed by atoms with Gasteiger partial charge in [0.05, 0.1) is 0 Å². The van der Waals surface area contributed by atoms with E-state index in [-0.39, 0.29) is 17.8 Å². The van der Waals surface area contributed by atoms with Crippen LogP contribution >= 0.6 is 0 Å². The predicted octanol–water partition coefficient (Wildman–Crippen LogP) is 3.00. The summed E-state index contributed by atoms with van der Waals surface area (Å²) in [5, 5.41) is 3.84. The van der Waals surface area contributed by atoms with Crippen LogP contribution < -0.4 is 5.73 Å². The molecule has 3 rings (SSSR count). The van der Waals surface area contributed by atoms with Crippen molar-refractivity contribution in [3.63, 3.8) is 0 Å². The maximum absolute atomic E-state index is 13.2. The molecule has 1 fully saturated rings. The van der Waals surface area contributed by atoms with Crippen LogP contribution in [0.25, 0.3) is 11.4 Å². The van der Waals surface area contributed by atoms with Crippen LogP contribution in [0.1, 0.15) is 37.5 Å². The summed E-state index contributed by atoms with van der Waals surface area (Å²) in [5.41, 5.74) is 6.34. The van der Waals surface area contributed by atoms with Crippen molar-refractivity contribution in [2.75, 3.05) is 0 Å². The number of rotatable bonds is 2. The zero-order valence-electron chi connectivity index (χ0n) is 10.9. The van der Waals surface area contributed by atoms with Crippen LogP contribution in [0.2, 0.25) is 0 Å². The Morgan fingerprint density at radius 1 is 1.20 bits per heavy atom. The highest BCUT2D eigenvalue weighted by atomic mass is 19.2. The minimum Gasteiger partial charge on any atom is -0.339 e. The molecule has 2 N–H and O–H groups in total. The lowest BCUT2D eigenvalue weighted by Gasteiger charge is -2.23. The molecule has 106 valence electrons. The third-order valence-corrected chi connectivity index (χ3v) is 3.68. The fourth-order valence-corrected chi connectivity index (χ4v) is 2.61. The number of nitrogens with two attached hydrogens (primary N) is 1. The van der Waals surface area contributed by atoms with Crippen LogP contribution in [0.15, 0.2) is 22.7 Å². The monoisotopic (exact) mass is 279 g/mol. The summed E-state index contributed by atoms with van der Waals surface area (Å²) < 4.78 is 31.3. The van der Waals surface area contributed by atoms with Gasteiger partial charge in [-0.25, -0.2) is 8.78 Å². The van der Waals surface area contributed by atoms with E-state index in [1.807, 2.05) is 0 Å². The minimum atomic E-state index is -0.923. The molecule has 4 nitrogen and oxygen atoms in total. The van der Waals surface area contributed by atoms with Gasteiger partial charge in [0.1, 0.15) is 0 Å². The van der Waals surface area contributed by atoms with E-state index in [9.17, 15) is 8.78 Å². The maximum Gasteiger partial charge on any atom is 0.230 e. The zero-order valence-corrected chi connectivity index (χ0v) is 10.9. The van der Waals surface area contributed by atoms with Crippen molar-refractivity contribution < 1.29 is 13.3 Å². The third-order valence-electron chi connectivity index (χ3n) is 3.68. The Morgan fingerprint density at radius 2 is 2.05 bits per heavy atom. The molecule has 20 heavy (non-hydrogen) atoms. The Hall–Kier alpha value is -1.82. The molecular formula is C14H15F2N3O. The number of hydrogen-bond donors (Lipinski definition) is 1. The van der Waals surface area contributed by atoms with Crippen LogP contribution in [0.5, 0.6) is 0 Å². The van der Waals surface area contributed by atoms with E-state index < -0.39 is 11.6 Å². The van der Waals surface area contributed by atoms with Crippen LogP contribution in [-0.4, -0.2) is 16.2 Å². The molecule has 0 saturated heterocycles. The number of halogens is 2. The van der Waals surface area contributed by atoms with Gasteiger partial charge in [-0.1, -0.05) is 11.6 Å². The van der Waals surface area contributed by atoms with Crippen molar-refractivity contribution in [1.82, 2.24) is 10.1 Å². The molecule has 0 bridgehead atoms. The zero-order chi connectivity index (χ0) is 14.1. The fourth-order valence-electron chi connectivity index (χ4n) is 2.61. The second-order valence-electron chi connectivity index (χ2n) is 5.21. The van der Waals surface area contributed by atoms with Crippen LogP contribution in [0.3, 0.4) is 0 Å². The highest BCUT2D eigenvalue weighted by Crippen LogP contribution is 2.32. The summed E-state index contributed by atoms with van der Waals surface area (Å²) >= 11 is 0. The normalized spacial score (nSPS) is 22.9. The van der Waals surface area contributed by atoms with Crippen molar-refractivity contribution in [3.05, 3.63) is 35.7 Å². The second-order valence-corrected chi connectivity index (χ2v) is 5.21. The quantitative estimate of drug-likeness (QED) is 0.917. The van der Waals surface area contributed by atoms with Gasteiger partial charge in [-0.2, -0.15) is 4.98 Å². The van der Waals surface area contributed by atoms with Gasteiger partial charge in [0.2, 0.25) is 11.7 Å². The highest BCUT2D eigenvalue weighted by molar-refractivity contribution is 5.54. The molecule has 1 aromatic heterocycles. The number of aromatic nitrogens is 2. The Morgan fingerprint density at radius 3 is 2.80 bits per heavy atom. The Labute approximate surface area is 115 Å². The van der Waals surface area contributed by atoms with Gasteiger partial charge < -0.3 is 10.3 Å². The lowest BCUT2D eigenvalue weighted by Crippen LogP contribution is -2.26. The molecule has 0 radical (unpaired) electrons. The first-order chi connectivity index (χ1) is 9.63. The van der Waals surface area contributed by atoms with E-state index in [1.54, 1.807) is 0 Å². The van der Waals surface area contributed by atoms with Gasteiger partial charge in [0, 0.05) is 17.5 Å². The van der Waals surface area contributed by atoms with E-state index in [0.29, 0.717) is 11.5 Å². The molecule has 0 spiro atoms. The third kappa shape index (κ3) is 2.56. The van der Waals surface area contributed by atoms with Crippen LogP contribution in [0.4, 0.5) is 8.78 Å². The van der Waals surface area contributed by atoms with Gasteiger partial charge >= 0.3 is 0 Å². The second kappa shape index (κ2) is 5.28. The van der Waals surface area contributed by atoms with E-state index in [4.69, 9.17) is 10.3 Å². The Kier molecular flexibility index (Phi) is 3.48. The lowest BCUT2D eigenvalue weighted by molar-refractivity contribution is 0.299. The van der Waals surface area contributed by atoms with E-state index in [0.717, 1.165) is 37.8 Å². The van der Waals surface area contributed by atoms with Gasteiger partial charge in [-0.3, -0.25) is 0 Å². The molecule has 1 aliphatic carbocycles. The molecule has 1 aliphatic rings. The summed E-state index contributed by atoms with van der Waals surface area (Å²) in [6, 6.07) is 3.71. The summed E-state index contributed by atoms with van der Waals surface area (Å²) in [5.74, 6) is -0.854. The summed E-state index contributed by atoms with van der Waals surface area (Å²) in [6.45, 7) is 0. The predicted molar refractivity (Wildman–Crippen MR) is 68.8 cm³/mol. The standard InChI is InChI=1S/C14H15F2N3O/c15-11-5-4-8(7-12(11)16)13-18-14(20-19-13)9-2-1-3-10(17)6-9/h4-5,7,9-10H,1-3,6,17H2. The SMILES string of the molecule is NC1CCCC(c2nc(-c3ccc(F)c(F)c3)no2)C1. The van der Waals surface area contributed by atoms with Crippen LogP contribution in [0, 0.1) is 11.6 Å². The maximum atomic E-state index is 13.2. The first kappa shape index (κ1) is 13.2. The fraction of sp³-hybridized carbons (Fsp3) is 0.429. The van der Waals surface area contributed by atoms with Crippen molar-refractivity contribution in [2.45, 2.75) is 37.6 Å². The minimum absolute atomic E-state index is 0.158. The molecule has 0 aliphatic heterocycles. The molecule has 6 heteroatoms. The molecular weight excluding hydrogens is 264 g/mol. The topological polar surface area (TPSA) is 64.9 Å². The molecule has 0 amide bonds. The molecule has 2 aromatic rings. The Balaban J connectivity index is 1.84. The average molecular weight is 279 g/mol. The summed E-state index contributed by atoms with van der Waals surface area (Å²) in [7, 11) is 0. The van der Waals surface area contributed by atoms with Gasteiger partial charge in [-0.05, 0) is 37.5 Å². The average Bonchev–Trinajstić information content (AvgIpc) is 2.92.